The van der Waals surface area contributed by atoms with Gasteiger partial charge in [-0.05, 0) is 37.7 Å². The summed E-state index contributed by atoms with van der Waals surface area (Å²) in [5.74, 6) is 1.57. The van der Waals surface area contributed by atoms with Crippen molar-refractivity contribution < 1.29 is 17.9 Å². The molecule has 0 aromatic carbocycles. The van der Waals surface area contributed by atoms with Crippen molar-refractivity contribution in [2.24, 2.45) is 11.3 Å². The normalized spacial score (nSPS) is 26.7. The minimum Gasteiger partial charge on any atom is -0.381 e. The van der Waals surface area contributed by atoms with Crippen LogP contribution in [0.25, 0.3) is 10.2 Å². The minimum atomic E-state index is -4.20. The van der Waals surface area contributed by atoms with Gasteiger partial charge in [0.2, 0.25) is 0 Å². The van der Waals surface area contributed by atoms with Crippen LogP contribution in [0.1, 0.15) is 30.6 Å². The standard InChI is InChI=1S/C21H27F3N4OS/c1-29-15-4-2-14(3-5-15)8-27-9-20(10-27)11-28(12-20)18-17-6-16(7-21(22,23)24)30-19(17)26-13-25-18/h6,13-15H,2-5,7-12H2,1H3. The van der Waals surface area contributed by atoms with Crippen molar-refractivity contribution in [2.75, 3.05) is 44.7 Å². The van der Waals surface area contributed by atoms with E-state index in [2.05, 4.69) is 19.8 Å². The summed E-state index contributed by atoms with van der Waals surface area (Å²) in [6, 6.07) is 1.62. The predicted octanol–water partition coefficient (Wildman–Crippen LogP) is 4.12. The van der Waals surface area contributed by atoms with Gasteiger partial charge in [0, 0.05) is 50.1 Å². The highest BCUT2D eigenvalue weighted by Crippen LogP contribution is 2.44. The van der Waals surface area contributed by atoms with Gasteiger partial charge in [0.05, 0.1) is 17.9 Å². The number of aromatic nitrogens is 2. The molecule has 5 rings (SSSR count). The van der Waals surface area contributed by atoms with Crippen molar-refractivity contribution in [3.8, 4) is 0 Å². The van der Waals surface area contributed by atoms with Crippen molar-refractivity contribution in [3.05, 3.63) is 17.3 Å². The van der Waals surface area contributed by atoms with Gasteiger partial charge < -0.3 is 14.5 Å². The van der Waals surface area contributed by atoms with Crippen LogP contribution in [0.4, 0.5) is 19.0 Å². The van der Waals surface area contributed by atoms with Crippen molar-refractivity contribution >= 4 is 27.4 Å². The number of hydrogen-bond donors (Lipinski definition) is 0. The fourth-order valence-electron chi connectivity index (χ4n) is 5.49. The molecule has 0 N–H and O–H groups in total. The number of methoxy groups -OCH3 is 1. The Morgan fingerprint density at radius 2 is 1.87 bits per heavy atom. The van der Waals surface area contributed by atoms with E-state index in [9.17, 15) is 13.2 Å². The van der Waals surface area contributed by atoms with Gasteiger partial charge in [-0.2, -0.15) is 13.2 Å². The first kappa shape index (κ1) is 20.5. The zero-order chi connectivity index (χ0) is 20.9. The van der Waals surface area contributed by atoms with E-state index in [1.807, 2.05) is 7.11 Å². The van der Waals surface area contributed by atoms with E-state index in [1.54, 1.807) is 6.07 Å². The first-order valence-corrected chi connectivity index (χ1v) is 11.4. The minimum absolute atomic E-state index is 0.299. The largest absolute Gasteiger partial charge is 0.393 e. The maximum absolute atomic E-state index is 12.8. The molecule has 30 heavy (non-hydrogen) atoms. The van der Waals surface area contributed by atoms with E-state index in [4.69, 9.17) is 4.74 Å². The Labute approximate surface area is 178 Å². The van der Waals surface area contributed by atoms with Crippen LogP contribution in [-0.2, 0) is 11.2 Å². The third-order valence-electron chi connectivity index (χ3n) is 6.85. The molecule has 2 aromatic heterocycles. The highest BCUT2D eigenvalue weighted by atomic mass is 32.1. The van der Waals surface area contributed by atoms with Gasteiger partial charge in [-0.25, -0.2) is 9.97 Å². The van der Waals surface area contributed by atoms with Crippen LogP contribution in [0, 0.1) is 11.3 Å². The number of fused-ring (bicyclic) bond motifs is 1. The van der Waals surface area contributed by atoms with Gasteiger partial charge in [-0.3, -0.25) is 0 Å². The lowest BCUT2D eigenvalue weighted by Crippen LogP contribution is -2.72. The Hall–Kier alpha value is -1.45. The lowest BCUT2D eigenvalue weighted by atomic mass is 9.72. The van der Waals surface area contributed by atoms with Gasteiger partial charge in [0.1, 0.15) is 17.0 Å². The van der Waals surface area contributed by atoms with Crippen LogP contribution in [0.15, 0.2) is 12.4 Å². The lowest BCUT2D eigenvalue weighted by Gasteiger charge is -2.61. The molecule has 164 valence electrons. The quantitative estimate of drug-likeness (QED) is 0.700. The average Bonchev–Trinajstić information content (AvgIpc) is 3.03. The number of nitrogens with zero attached hydrogens (tertiary/aromatic N) is 4. The first-order chi connectivity index (χ1) is 14.3. The summed E-state index contributed by atoms with van der Waals surface area (Å²) in [6.45, 7) is 5.27. The van der Waals surface area contributed by atoms with Crippen LogP contribution in [-0.4, -0.2) is 67.0 Å². The number of hydrogen-bond acceptors (Lipinski definition) is 6. The maximum atomic E-state index is 12.8. The number of likely N-dealkylation sites (tertiary alicyclic amines) is 1. The molecule has 3 aliphatic rings. The molecular formula is C21H27F3N4OS. The second-order valence-corrected chi connectivity index (χ2v) is 10.4. The fraction of sp³-hybridized carbons (Fsp3) is 0.714. The molecule has 9 heteroatoms. The van der Waals surface area contributed by atoms with Gasteiger partial charge in [-0.15, -0.1) is 11.3 Å². The van der Waals surface area contributed by atoms with E-state index < -0.39 is 12.6 Å². The molecule has 0 amide bonds. The van der Waals surface area contributed by atoms with Crippen LogP contribution >= 0.6 is 11.3 Å². The fourth-order valence-corrected chi connectivity index (χ4v) is 6.51. The third kappa shape index (κ3) is 4.03. The van der Waals surface area contributed by atoms with Gasteiger partial charge >= 0.3 is 6.18 Å². The van der Waals surface area contributed by atoms with E-state index in [0.717, 1.165) is 54.6 Å². The van der Waals surface area contributed by atoms with Crippen molar-refractivity contribution in [3.63, 3.8) is 0 Å². The molecule has 2 aliphatic heterocycles. The predicted molar refractivity (Wildman–Crippen MR) is 111 cm³/mol. The Balaban J connectivity index is 1.16. The number of rotatable bonds is 5. The van der Waals surface area contributed by atoms with Gasteiger partial charge in [0.25, 0.3) is 0 Å². The summed E-state index contributed by atoms with van der Waals surface area (Å²) in [5.41, 5.74) is 0.325. The third-order valence-corrected chi connectivity index (χ3v) is 7.89. The topological polar surface area (TPSA) is 41.5 Å². The smallest absolute Gasteiger partial charge is 0.381 e. The Morgan fingerprint density at radius 3 is 2.53 bits per heavy atom. The SMILES string of the molecule is COC1CCC(CN2CC3(C2)CN(c2ncnc4sc(CC(F)(F)F)cc24)C3)CC1. The average molecular weight is 441 g/mol. The van der Waals surface area contributed by atoms with Gasteiger partial charge in [-0.1, -0.05) is 0 Å². The molecule has 2 aromatic rings. The first-order valence-electron chi connectivity index (χ1n) is 10.6. The summed E-state index contributed by atoms with van der Waals surface area (Å²) < 4.78 is 43.7. The molecule has 0 atom stereocenters. The molecule has 2 saturated heterocycles. The summed E-state index contributed by atoms with van der Waals surface area (Å²) in [5, 5.41) is 0.752. The number of alkyl halides is 3. The molecule has 5 nitrogen and oxygen atoms in total. The highest BCUT2D eigenvalue weighted by molar-refractivity contribution is 7.18. The Kier molecular flexibility index (Phi) is 5.18. The molecule has 0 unspecified atom stereocenters. The molecule has 1 aliphatic carbocycles. The van der Waals surface area contributed by atoms with Crippen molar-refractivity contribution in [1.29, 1.82) is 0 Å². The summed E-state index contributed by atoms with van der Waals surface area (Å²) >= 11 is 1.12. The summed E-state index contributed by atoms with van der Waals surface area (Å²) in [4.78, 5) is 14.3. The maximum Gasteiger partial charge on any atom is 0.393 e. The molecule has 1 spiro atoms. The van der Waals surface area contributed by atoms with Crippen molar-refractivity contribution in [2.45, 2.75) is 44.4 Å². The van der Waals surface area contributed by atoms with Gasteiger partial charge in [0.15, 0.2) is 0 Å². The second kappa shape index (κ2) is 7.60. The molecule has 0 bridgehead atoms. The zero-order valence-corrected chi connectivity index (χ0v) is 17.9. The molecule has 0 radical (unpaired) electrons. The summed E-state index contributed by atoms with van der Waals surface area (Å²) in [7, 11) is 1.81. The van der Waals surface area contributed by atoms with E-state index in [-0.39, 0.29) is 0 Å². The van der Waals surface area contributed by atoms with E-state index in [1.165, 1.54) is 38.6 Å². The molecule has 1 saturated carbocycles. The second-order valence-electron chi connectivity index (χ2n) is 9.32. The van der Waals surface area contributed by atoms with Crippen LogP contribution in [0.3, 0.4) is 0 Å². The number of ether oxygens (including phenoxy) is 1. The molecular weight excluding hydrogens is 413 g/mol. The van der Waals surface area contributed by atoms with Crippen LogP contribution in [0.2, 0.25) is 0 Å². The van der Waals surface area contributed by atoms with Crippen LogP contribution in [0.5, 0.6) is 0 Å². The molecule has 3 fully saturated rings. The lowest BCUT2D eigenvalue weighted by molar-refractivity contribution is -0.126. The highest BCUT2D eigenvalue weighted by Gasteiger charge is 2.52. The van der Waals surface area contributed by atoms with E-state index >= 15 is 0 Å². The number of anilines is 1. The Bertz CT molecular complexity index is 895. The zero-order valence-electron chi connectivity index (χ0n) is 17.1. The number of thiophene rings is 1. The monoisotopic (exact) mass is 440 g/mol. The van der Waals surface area contributed by atoms with Crippen LogP contribution < -0.4 is 4.90 Å². The van der Waals surface area contributed by atoms with Crippen molar-refractivity contribution in [1.82, 2.24) is 14.9 Å². The number of halogens is 3. The van der Waals surface area contributed by atoms with E-state index in [0.29, 0.717) is 21.2 Å². The molecule has 4 heterocycles. The summed E-state index contributed by atoms with van der Waals surface area (Å²) in [6.07, 6.45) is 1.68. The Morgan fingerprint density at radius 1 is 1.13 bits per heavy atom.